The Hall–Kier alpha value is -2.20. The SMILES string of the molecule is O=C(c1ccc(F)cc1)N1CC[C@@H](O)[C@@H]1Cc1ccccc1. The van der Waals surface area contributed by atoms with Gasteiger partial charge in [0.2, 0.25) is 0 Å². The van der Waals surface area contributed by atoms with Crippen molar-refractivity contribution >= 4 is 5.91 Å². The molecule has 0 spiro atoms. The Morgan fingerprint density at radius 2 is 1.82 bits per heavy atom. The molecule has 0 bridgehead atoms. The molecular formula is C18H18FNO2. The topological polar surface area (TPSA) is 40.5 Å². The Bertz CT molecular complexity index is 642. The molecule has 3 nitrogen and oxygen atoms in total. The summed E-state index contributed by atoms with van der Waals surface area (Å²) in [6.45, 7) is 0.523. The van der Waals surface area contributed by atoms with Crippen LogP contribution in [-0.2, 0) is 6.42 Å². The molecule has 2 aromatic carbocycles. The van der Waals surface area contributed by atoms with Gasteiger partial charge < -0.3 is 10.0 Å². The molecule has 0 saturated carbocycles. The number of benzene rings is 2. The van der Waals surface area contributed by atoms with Gasteiger partial charge in [-0.3, -0.25) is 4.79 Å². The summed E-state index contributed by atoms with van der Waals surface area (Å²) >= 11 is 0. The number of aliphatic hydroxyl groups excluding tert-OH is 1. The lowest BCUT2D eigenvalue weighted by Crippen LogP contribution is -2.41. The number of rotatable bonds is 3. The molecule has 0 radical (unpaired) electrons. The van der Waals surface area contributed by atoms with Gasteiger partial charge in [-0.2, -0.15) is 0 Å². The second kappa shape index (κ2) is 6.28. The Labute approximate surface area is 129 Å². The molecule has 0 aliphatic carbocycles. The van der Waals surface area contributed by atoms with E-state index in [1.807, 2.05) is 30.3 Å². The summed E-state index contributed by atoms with van der Waals surface area (Å²) in [4.78, 5) is 14.3. The number of hydrogen-bond acceptors (Lipinski definition) is 2. The van der Waals surface area contributed by atoms with Gasteiger partial charge in [0.15, 0.2) is 0 Å². The molecule has 2 atom stereocenters. The van der Waals surface area contributed by atoms with Crippen LogP contribution >= 0.6 is 0 Å². The zero-order chi connectivity index (χ0) is 15.5. The molecule has 1 amide bonds. The van der Waals surface area contributed by atoms with Gasteiger partial charge in [-0.25, -0.2) is 4.39 Å². The highest BCUT2D eigenvalue weighted by atomic mass is 19.1. The Kier molecular flexibility index (Phi) is 4.20. The highest BCUT2D eigenvalue weighted by molar-refractivity contribution is 5.94. The molecule has 2 aromatic rings. The summed E-state index contributed by atoms with van der Waals surface area (Å²) in [7, 11) is 0. The highest BCUT2D eigenvalue weighted by Crippen LogP contribution is 2.24. The van der Waals surface area contributed by atoms with Crippen molar-refractivity contribution in [3.05, 3.63) is 71.5 Å². The number of halogens is 1. The highest BCUT2D eigenvalue weighted by Gasteiger charge is 2.36. The molecule has 22 heavy (non-hydrogen) atoms. The average molecular weight is 299 g/mol. The summed E-state index contributed by atoms with van der Waals surface area (Å²) in [5.74, 6) is -0.517. The van der Waals surface area contributed by atoms with Crippen LogP contribution in [0.3, 0.4) is 0 Å². The number of likely N-dealkylation sites (tertiary alicyclic amines) is 1. The maximum atomic E-state index is 13.0. The van der Waals surface area contributed by atoms with E-state index in [9.17, 15) is 14.3 Å². The van der Waals surface area contributed by atoms with Gasteiger partial charge in [-0.1, -0.05) is 30.3 Å². The fraction of sp³-hybridized carbons (Fsp3) is 0.278. The van der Waals surface area contributed by atoms with Crippen LogP contribution in [0.1, 0.15) is 22.3 Å². The third-order valence-corrected chi connectivity index (χ3v) is 4.15. The van der Waals surface area contributed by atoms with Crippen LogP contribution < -0.4 is 0 Å². The molecule has 1 fully saturated rings. The molecule has 1 aliphatic rings. The van der Waals surface area contributed by atoms with Crippen LogP contribution in [-0.4, -0.2) is 34.6 Å². The maximum Gasteiger partial charge on any atom is 0.254 e. The zero-order valence-corrected chi connectivity index (χ0v) is 12.2. The average Bonchev–Trinajstić information content (AvgIpc) is 2.89. The first-order chi connectivity index (χ1) is 10.6. The van der Waals surface area contributed by atoms with Crippen molar-refractivity contribution < 1.29 is 14.3 Å². The Balaban J connectivity index is 1.79. The predicted molar refractivity (Wildman–Crippen MR) is 82.0 cm³/mol. The summed E-state index contributed by atoms with van der Waals surface area (Å²) < 4.78 is 13.0. The van der Waals surface area contributed by atoms with Gasteiger partial charge in [-0.05, 0) is 42.7 Å². The molecule has 0 aromatic heterocycles. The lowest BCUT2D eigenvalue weighted by atomic mass is 10.0. The molecule has 1 saturated heterocycles. The first kappa shape index (κ1) is 14.7. The smallest absolute Gasteiger partial charge is 0.254 e. The van der Waals surface area contributed by atoms with Crippen molar-refractivity contribution in [3.63, 3.8) is 0 Å². The van der Waals surface area contributed by atoms with E-state index in [1.165, 1.54) is 24.3 Å². The quantitative estimate of drug-likeness (QED) is 0.946. The minimum absolute atomic E-state index is 0.155. The number of aliphatic hydroxyl groups is 1. The van der Waals surface area contributed by atoms with Crippen LogP contribution in [0.2, 0.25) is 0 Å². The van der Waals surface area contributed by atoms with Crippen molar-refractivity contribution in [1.29, 1.82) is 0 Å². The molecule has 0 unspecified atom stereocenters. The number of nitrogens with zero attached hydrogens (tertiary/aromatic N) is 1. The normalized spacial score (nSPS) is 21.1. The molecule has 3 rings (SSSR count). The van der Waals surface area contributed by atoms with Gasteiger partial charge in [0, 0.05) is 12.1 Å². The number of hydrogen-bond donors (Lipinski definition) is 1. The van der Waals surface area contributed by atoms with Crippen LogP contribution in [0.15, 0.2) is 54.6 Å². The summed E-state index contributed by atoms with van der Waals surface area (Å²) in [6.07, 6.45) is 0.670. The zero-order valence-electron chi connectivity index (χ0n) is 12.2. The first-order valence-electron chi connectivity index (χ1n) is 7.43. The summed E-state index contributed by atoms with van der Waals surface area (Å²) in [6, 6.07) is 15.1. The van der Waals surface area contributed by atoms with E-state index in [-0.39, 0.29) is 17.8 Å². The van der Waals surface area contributed by atoms with Gasteiger partial charge in [-0.15, -0.1) is 0 Å². The monoisotopic (exact) mass is 299 g/mol. The van der Waals surface area contributed by atoms with E-state index >= 15 is 0 Å². The minimum Gasteiger partial charge on any atom is -0.391 e. The summed E-state index contributed by atoms with van der Waals surface area (Å²) in [5, 5.41) is 10.2. The van der Waals surface area contributed by atoms with Crippen molar-refractivity contribution in [3.8, 4) is 0 Å². The maximum absolute atomic E-state index is 13.0. The molecule has 1 N–H and O–H groups in total. The van der Waals surface area contributed by atoms with Crippen molar-refractivity contribution in [1.82, 2.24) is 4.90 Å². The van der Waals surface area contributed by atoms with Crippen molar-refractivity contribution in [2.45, 2.75) is 25.0 Å². The lowest BCUT2D eigenvalue weighted by Gasteiger charge is -2.26. The molecule has 4 heteroatoms. The van der Waals surface area contributed by atoms with Gasteiger partial charge in [0.05, 0.1) is 12.1 Å². The van der Waals surface area contributed by atoms with Gasteiger partial charge in [0.25, 0.3) is 5.91 Å². The minimum atomic E-state index is -0.524. The molecular weight excluding hydrogens is 281 g/mol. The standard InChI is InChI=1S/C18H18FNO2/c19-15-8-6-14(7-9-15)18(22)20-11-10-17(21)16(20)12-13-4-2-1-3-5-13/h1-9,16-17,21H,10-12H2/t16-,17+/m0/s1. The molecule has 114 valence electrons. The van der Waals surface area contributed by atoms with Crippen LogP contribution in [0.25, 0.3) is 0 Å². The van der Waals surface area contributed by atoms with Crippen molar-refractivity contribution in [2.75, 3.05) is 6.54 Å². The van der Waals surface area contributed by atoms with Crippen LogP contribution in [0.5, 0.6) is 0 Å². The van der Waals surface area contributed by atoms with E-state index < -0.39 is 6.10 Å². The van der Waals surface area contributed by atoms with Gasteiger partial charge >= 0.3 is 0 Å². The third kappa shape index (κ3) is 3.02. The van der Waals surface area contributed by atoms with Crippen LogP contribution in [0, 0.1) is 5.82 Å². The van der Waals surface area contributed by atoms with E-state index in [2.05, 4.69) is 0 Å². The van der Waals surface area contributed by atoms with Crippen LogP contribution in [0.4, 0.5) is 4.39 Å². The second-order valence-electron chi connectivity index (χ2n) is 5.62. The second-order valence-corrected chi connectivity index (χ2v) is 5.62. The lowest BCUT2D eigenvalue weighted by molar-refractivity contribution is 0.0640. The molecule has 1 aliphatic heterocycles. The largest absolute Gasteiger partial charge is 0.391 e. The summed E-state index contributed by atoms with van der Waals surface area (Å²) in [5.41, 5.74) is 1.54. The number of carbonyl (C=O) groups is 1. The molecule has 1 heterocycles. The van der Waals surface area contributed by atoms with E-state index in [1.54, 1.807) is 4.90 Å². The van der Waals surface area contributed by atoms with E-state index in [0.29, 0.717) is 24.9 Å². The van der Waals surface area contributed by atoms with E-state index in [0.717, 1.165) is 5.56 Å². The third-order valence-electron chi connectivity index (χ3n) is 4.15. The number of carbonyl (C=O) groups excluding carboxylic acids is 1. The van der Waals surface area contributed by atoms with Gasteiger partial charge in [0.1, 0.15) is 5.82 Å². The Morgan fingerprint density at radius 3 is 2.50 bits per heavy atom. The first-order valence-corrected chi connectivity index (χ1v) is 7.43. The Morgan fingerprint density at radius 1 is 1.14 bits per heavy atom. The fourth-order valence-corrected chi connectivity index (χ4v) is 2.95. The fourth-order valence-electron chi connectivity index (χ4n) is 2.95. The number of amides is 1. The van der Waals surface area contributed by atoms with Crippen molar-refractivity contribution in [2.24, 2.45) is 0 Å². The van der Waals surface area contributed by atoms with E-state index in [4.69, 9.17) is 0 Å². The predicted octanol–water partition coefficient (Wildman–Crippen LogP) is 2.64.